The zero-order valence-electron chi connectivity index (χ0n) is 17.7. The molecule has 4 atom stereocenters. The summed E-state index contributed by atoms with van der Waals surface area (Å²) >= 11 is 0. The van der Waals surface area contributed by atoms with Crippen LogP contribution >= 0.6 is 0 Å². The summed E-state index contributed by atoms with van der Waals surface area (Å²) in [6.07, 6.45) is 1.90. The van der Waals surface area contributed by atoms with Gasteiger partial charge in [0, 0.05) is 25.4 Å². The summed E-state index contributed by atoms with van der Waals surface area (Å²) in [5.74, 6) is -3.08. The van der Waals surface area contributed by atoms with Crippen molar-refractivity contribution >= 4 is 11.8 Å². The van der Waals surface area contributed by atoms with Crippen LogP contribution in [-0.4, -0.2) is 66.7 Å². The summed E-state index contributed by atoms with van der Waals surface area (Å²) in [6.45, 7) is 6.72. The van der Waals surface area contributed by atoms with Crippen LogP contribution in [0.3, 0.4) is 0 Å². The molecular weight excluding hydrogens is 382 g/mol. The van der Waals surface area contributed by atoms with Crippen LogP contribution in [0.2, 0.25) is 0 Å². The van der Waals surface area contributed by atoms with Crippen LogP contribution in [-0.2, 0) is 19.1 Å². The number of rotatable bonds is 7. The first-order valence-electron chi connectivity index (χ1n) is 10.9. The van der Waals surface area contributed by atoms with Crippen molar-refractivity contribution in [2.75, 3.05) is 19.8 Å². The van der Waals surface area contributed by atoms with Crippen LogP contribution < -0.4 is 5.32 Å². The molecule has 1 aliphatic carbocycles. The molecule has 8 heteroatoms. The molecule has 2 heterocycles. The molecule has 1 N–H and O–H groups in total. The highest BCUT2D eigenvalue weighted by atomic mass is 19.3. The number of halogens is 2. The third-order valence-electron chi connectivity index (χ3n) is 6.48. The van der Waals surface area contributed by atoms with E-state index in [1.807, 2.05) is 4.90 Å². The Morgan fingerprint density at radius 3 is 2.24 bits per heavy atom. The van der Waals surface area contributed by atoms with E-state index in [2.05, 4.69) is 5.32 Å². The molecule has 3 fully saturated rings. The summed E-state index contributed by atoms with van der Waals surface area (Å²) in [7, 11) is 0. The van der Waals surface area contributed by atoms with Crippen molar-refractivity contribution in [2.24, 2.45) is 11.8 Å². The Kier molecular flexibility index (Phi) is 7.14. The number of hydrogen-bond acceptors (Lipinski definition) is 4. The molecule has 2 saturated heterocycles. The summed E-state index contributed by atoms with van der Waals surface area (Å²) in [4.78, 5) is 27.6. The number of nitrogens with zero attached hydrogens (tertiary/aromatic N) is 1. The number of fused-ring (bicyclic) bond motifs is 2. The molecular formula is C21H34F2N2O4. The lowest BCUT2D eigenvalue weighted by molar-refractivity contribution is -0.150. The lowest BCUT2D eigenvalue weighted by atomic mass is 9.87. The topological polar surface area (TPSA) is 67.9 Å². The second-order valence-corrected chi connectivity index (χ2v) is 9.15. The first-order valence-corrected chi connectivity index (χ1v) is 10.9. The Hall–Kier alpha value is -1.28. The second-order valence-electron chi connectivity index (χ2n) is 9.15. The van der Waals surface area contributed by atoms with Crippen LogP contribution in [0.5, 0.6) is 0 Å². The first kappa shape index (κ1) is 22.4. The van der Waals surface area contributed by atoms with Crippen molar-refractivity contribution in [3.05, 3.63) is 0 Å². The Labute approximate surface area is 171 Å². The molecule has 6 nitrogen and oxygen atoms in total. The zero-order chi connectivity index (χ0) is 21.2. The zero-order valence-corrected chi connectivity index (χ0v) is 17.7. The third-order valence-corrected chi connectivity index (χ3v) is 6.48. The van der Waals surface area contributed by atoms with Gasteiger partial charge >= 0.3 is 0 Å². The minimum absolute atomic E-state index is 0.0486. The molecule has 3 aliphatic rings. The van der Waals surface area contributed by atoms with Gasteiger partial charge in [0.05, 0.1) is 31.4 Å². The molecule has 2 aliphatic heterocycles. The molecule has 0 aromatic heterocycles. The minimum Gasteiger partial charge on any atom is -0.377 e. The molecule has 0 radical (unpaired) electrons. The molecule has 29 heavy (non-hydrogen) atoms. The smallest absolute Gasteiger partial charge is 0.248 e. The van der Waals surface area contributed by atoms with Gasteiger partial charge in [0.15, 0.2) is 0 Å². The van der Waals surface area contributed by atoms with E-state index >= 15 is 0 Å². The molecule has 3 rings (SSSR count). The maximum atomic E-state index is 13.4. The Bertz CT molecular complexity index is 575. The lowest BCUT2D eigenvalue weighted by Crippen LogP contribution is -2.60. The fourth-order valence-electron chi connectivity index (χ4n) is 4.50. The summed E-state index contributed by atoms with van der Waals surface area (Å²) in [5.41, 5.74) is 0. The monoisotopic (exact) mass is 416 g/mol. The normalized spacial score (nSPS) is 29.0. The number of nitrogens with one attached hydrogen (secondary N) is 1. The number of morpholine rings is 1. The largest absolute Gasteiger partial charge is 0.377 e. The predicted molar refractivity (Wildman–Crippen MR) is 104 cm³/mol. The van der Waals surface area contributed by atoms with E-state index in [1.54, 1.807) is 20.8 Å². The summed E-state index contributed by atoms with van der Waals surface area (Å²) in [6, 6.07) is -0.684. The number of amides is 2. The van der Waals surface area contributed by atoms with Crippen LogP contribution in [0.1, 0.15) is 59.3 Å². The average Bonchev–Trinajstić information content (AvgIpc) is 2.92. The van der Waals surface area contributed by atoms with Crippen molar-refractivity contribution in [1.82, 2.24) is 10.2 Å². The molecule has 0 spiro atoms. The summed E-state index contributed by atoms with van der Waals surface area (Å²) in [5, 5.41) is 2.87. The van der Waals surface area contributed by atoms with Crippen LogP contribution in [0.15, 0.2) is 0 Å². The maximum absolute atomic E-state index is 13.4. The SMILES string of the molecule is CC(C)C(=O)NC(C(=O)N1C2CCC1COC2)C(C)OCC1CCC(F)(F)CC1. The quantitative estimate of drug-likeness (QED) is 0.693. The van der Waals surface area contributed by atoms with Gasteiger partial charge in [-0.1, -0.05) is 13.8 Å². The van der Waals surface area contributed by atoms with Gasteiger partial charge in [-0.15, -0.1) is 0 Å². The van der Waals surface area contributed by atoms with Crippen molar-refractivity contribution in [3.63, 3.8) is 0 Å². The van der Waals surface area contributed by atoms with Crippen molar-refractivity contribution < 1.29 is 27.8 Å². The van der Waals surface area contributed by atoms with Gasteiger partial charge < -0.3 is 19.7 Å². The standard InChI is InChI=1S/C21H34F2N2O4/c1-13(2)19(26)24-18(20(27)25-16-4-5-17(25)12-28-11-16)14(3)29-10-15-6-8-21(22,23)9-7-15/h13-18H,4-12H2,1-3H3,(H,24,26). The van der Waals surface area contributed by atoms with E-state index in [1.165, 1.54) is 0 Å². The van der Waals surface area contributed by atoms with Crippen LogP contribution in [0.4, 0.5) is 8.78 Å². The van der Waals surface area contributed by atoms with E-state index in [4.69, 9.17) is 9.47 Å². The lowest BCUT2D eigenvalue weighted by Gasteiger charge is -2.38. The van der Waals surface area contributed by atoms with E-state index in [-0.39, 0.29) is 48.6 Å². The molecule has 0 aromatic rings. The van der Waals surface area contributed by atoms with E-state index in [0.717, 1.165) is 12.8 Å². The molecule has 2 bridgehead atoms. The van der Waals surface area contributed by atoms with Gasteiger partial charge in [-0.3, -0.25) is 9.59 Å². The molecule has 166 valence electrons. The highest BCUT2D eigenvalue weighted by molar-refractivity contribution is 5.89. The first-order chi connectivity index (χ1) is 13.7. The molecule has 1 saturated carbocycles. The van der Waals surface area contributed by atoms with Gasteiger partial charge in [-0.25, -0.2) is 8.78 Å². The van der Waals surface area contributed by atoms with Crippen LogP contribution in [0, 0.1) is 11.8 Å². The van der Waals surface area contributed by atoms with Gasteiger partial charge in [0.1, 0.15) is 6.04 Å². The fourth-order valence-corrected chi connectivity index (χ4v) is 4.50. The molecule has 0 aromatic carbocycles. The summed E-state index contributed by atoms with van der Waals surface area (Å²) < 4.78 is 38.3. The third kappa shape index (κ3) is 5.45. The maximum Gasteiger partial charge on any atom is 0.248 e. The highest BCUT2D eigenvalue weighted by Crippen LogP contribution is 2.36. The molecule has 4 unspecified atom stereocenters. The number of hydrogen-bond donors (Lipinski definition) is 1. The van der Waals surface area contributed by atoms with E-state index < -0.39 is 18.1 Å². The minimum atomic E-state index is -2.57. The van der Waals surface area contributed by atoms with E-state index in [0.29, 0.717) is 32.7 Å². The van der Waals surface area contributed by atoms with Gasteiger partial charge in [0.25, 0.3) is 0 Å². The number of ether oxygens (including phenoxy) is 2. The Morgan fingerprint density at radius 2 is 1.69 bits per heavy atom. The average molecular weight is 417 g/mol. The van der Waals surface area contributed by atoms with Gasteiger partial charge in [-0.2, -0.15) is 0 Å². The van der Waals surface area contributed by atoms with Gasteiger partial charge in [-0.05, 0) is 38.5 Å². The number of alkyl halides is 2. The second kappa shape index (κ2) is 9.25. The van der Waals surface area contributed by atoms with Crippen LogP contribution in [0.25, 0.3) is 0 Å². The van der Waals surface area contributed by atoms with Crippen molar-refractivity contribution in [2.45, 2.75) is 89.4 Å². The number of carbonyl (C=O) groups is 2. The Morgan fingerprint density at radius 1 is 1.10 bits per heavy atom. The predicted octanol–water partition coefficient (Wildman–Crippen LogP) is 2.75. The Balaban J connectivity index is 1.63. The van der Waals surface area contributed by atoms with Gasteiger partial charge in [0.2, 0.25) is 17.7 Å². The van der Waals surface area contributed by atoms with E-state index in [9.17, 15) is 18.4 Å². The van der Waals surface area contributed by atoms with Crippen molar-refractivity contribution in [1.29, 1.82) is 0 Å². The number of carbonyl (C=O) groups excluding carboxylic acids is 2. The highest BCUT2D eigenvalue weighted by Gasteiger charge is 2.44. The fraction of sp³-hybridized carbons (Fsp3) is 0.905. The molecule has 2 amide bonds. The van der Waals surface area contributed by atoms with Crippen molar-refractivity contribution in [3.8, 4) is 0 Å².